The summed E-state index contributed by atoms with van der Waals surface area (Å²) in [5.74, 6) is -0.705. The Morgan fingerprint density at radius 3 is 2.92 bits per heavy atom. The van der Waals surface area contributed by atoms with Crippen LogP contribution in [0.2, 0.25) is 5.02 Å². The molecule has 1 aliphatic carbocycles. The van der Waals surface area contributed by atoms with Gasteiger partial charge in [0, 0.05) is 10.9 Å². The quantitative estimate of drug-likeness (QED) is 0.627. The number of carbonyl (C=O) groups excluding carboxylic acids is 1. The predicted octanol–water partition coefficient (Wildman–Crippen LogP) is 2.85. The Balaban J connectivity index is 2.64. The van der Waals surface area contributed by atoms with Gasteiger partial charge in [-0.25, -0.2) is 4.39 Å². The van der Waals surface area contributed by atoms with Gasteiger partial charge in [0.1, 0.15) is 5.82 Å². The third-order valence-electron chi connectivity index (χ3n) is 2.36. The van der Waals surface area contributed by atoms with Gasteiger partial charge in [-0.2, -0.15) is 0 Å². The number of fused-ring (bicyclic) bond motifs is 1. The normalized spacial score (nSPS) is 20.5. The van der Waals surface area contributed by atoms with Gasteiger partial charge in [0.2, 0.25) is 0 Å². The lowest BCUT2D eigenvalue weighted by Crippen LogP contribution is -2.04. The highest BCUT2D eigenvalue weighted by Gasteiger charge is 2.30. The van der Waals surface area contributed by atoms with Crippen molar-refractivity contribution < 1.29 is 9.18 Å². The number of halogens is 2. The van der Waals surface area contributed by atoms with Crippen molar-refractivity contribution in [2.45, 2.75) is 13.3 Å². The van der Waals surface area contributed by atoms with E-state index in [4.69, 9.17) is 11.6 Å². The van der Waals surface area contributed by atoms with Crippen LogP contribution in [0.1, 0.15) is 22.8 Å². The molecule has 1 aromatic carbocycles. The van der Waals surface area contributed by atoms with E-state index in [9.17, 15) is 9.18 Å². The Bertz CT molecular complexity index is 387. The molecule has 0 spiro atoms. The average molecular weight is 199 g/mol. The fourth-order valence-electron chi connectivity index (χ4n) is 1.73. The molecule has 0 N–H and O–H groups in total. The molecule has 1 aromatic rings. The van der Waals surface area contributed by atoms with Crippen LogP contribution in [0.25, 0.3) is 0 Å². The number of benzene rings is 1. The Kier molecular flexibility index (Phi) is 1.88. The minimum absolute atomic E-state index is 0.107. The van der Waals surface area contributed by atoms with Crippen LogP contribution in [0.3, 0.4) is 0 Å². The van der Waals surface area contributed by atoms with Gasteiger partial charge in [-0.15, -0.1) is 0 Å². The molecule has 3 heteroatoms. The van der Waals surface area contributed by atoms with E-state index in [2.05, 4.69) is 0 Å². The zero-order valence-corrected chi connectivity index (χ0v) is 7.86. The first-order valence-corrected chi connectivity index (χ1v) is 4.49. The Morgan fingerprint density at radius 2 is 2.23 bits per heavy atom. The summed E-state index contributed by atoms with van der Waals surface area (Å²) >= 11 is 5.67. The summed E-state index contributed by atoms with van der Waals surface area (Å²) < 4.78 is 13.3. The first-order valence-electron chi connectivity index (χ1n) is 4.11. The van der Waals surface area contributed by atoms with Crippen molar-refractivity contribution >= 4 is 17.4 Å². The summed E-state index contributed by atoms with van der Waals surface area (Å²) in [6.45, 7) is 1.80. The van der Waals surface area contributed by atoms with Crippen molar-refractivity contribution in [3.63, 3.8) is 0 Å². The number of hydrogen-bond donors (Lipinski definition) is 0. The number of hydrogen-bond acceptors (Lipinski definition) is 1. The monoisotopic (exact) mass is 198 g/mol. The highest BCUT2D eigenvalue weighted by molar-refractivity contribution is 6.30. The molecule has 2 rings (SSSR count). The lowest BCUT2D eigenvalue weighted by atomic mass is 10.1. The first kappa shape index (κ1) is 8.70. The minimum Gasteiger partial charge on any atom is -0.294 e. The molecule has 0 saturated heterocycles. The lowest BCUT2D eigenvalue weighted by molar-refractivity contribution is 0.0943. The molecule has 0 aromatic heterocycles. The molecule has 0 aliphatic heterocycles. The molecular weight excluding hydrogens is 191 g/mol. The molecule has 1 unspecified atom stereocenters. The van der Waals surface area contributed by atoms with E-state index in [1.54, 1.807) is 13.0 Å². The van der Waals surface area contributed by atoms with E-state index < -0.39 is 5.82 Å². The van der Waals surface area contributed by atoms with E-state index in [0.29, 0.717) is 11.4 Å². The van der Waals surface area contributed by atoms with Crippen LogP contribution >= 0.6 is 11.6 Å². The zero-order valence-electron chi connectivity index (χ0n) is 7.10. The van der Waals surface area contributed by atoms with Gasteiger partial charge >= 0.3 is 0 Å². The topological polar surface area (TPSA) is 17.1 Å². The van der Waals surface area contributed by atoms with Crippen LogP contribution in [0, 0.1) is 11.7 Å². The van der Waals surface area contributed by atoms with E-state index >= 15 is 0 Å². The van der Waals surface area contributed by atoms with Crippen LogP contribution in [-0.2, 0) is 6.42 Å². The van der Waals surface area contributed by atoms with Crippen LogP contribution in [-0.4, -0.2) is 5.78 Å². The summed E-state index contributed by atoms with van der Waals surface area (Å²) in [5, 5.41) is 0.359. The fourth-order valence-corrected chi connectivity index (χ4v) is 1.96. The van der Waals surface area contributed by atoms with Crippen molar-refractivity contribution in [1.29, 1.82) is 0 Å². The van der Waals surface area contributed by atoms with Crippen molar-refractivity contribution in [2.75, 3.05) is 0 Å². The molecule has 0 amide bonds. The Morgan fingerprint density at radius 1 is 1.54 bits per heavy atom. The highest BCUT2D eigenvalue weighted by Crippen LogP contribution is 2.30. The number of Topliss-reactive ketones (excluding diaryl/α,β-unsaturated/α-hetero) is 1. The largest absolute Gasteiger partial charge is 0.294 e. The molecule has 1 nitrogen and oxygen atoms in total. The van der Waals surface area contributed by atoms with Crippen LogP contribution in [0.15, 0.2) is 12.1 Å². The molecule has 0 bridgehead atoms. The average Bonchev–Trinajstić information content (AvgIpc) is 2.27. The number of ketones is 1. The van der Waals surface area contributed by atoms with E-state index in [0.717, 1.165) is 5.56 Å². The van der Waals surface area contributed by atoms with Gasteiger partial charge in [0.05, 0.1) is 5.56 Å². The summed E-state index contributed by atoms with van der Waals surface area (Å²) in [6, 6.07) is 2.86. The summed E-state index contributed by atoms with van der Waals surface area (Å²) in [5.41, 5.74) is 0.972. The van der Waals surface area contributed by atoms with Gasteiger partial charge in [-0.1, -0.05) is 18.5 Å². The van der Waals surface area contributed by atoms with Crippen LogP contribution in [0.4, 0.5) is 4.39 Å². The molecule has 0 heterocycles. The predicted molar refractivity (Wildman–Crippen MR) is 48.6 cm³/mol. The first-order chi connectivity index (χ1) is 6.09. The van der Waals surface area contributed by atoms with Gasteiger partial charge in [-0.05, 0) is 24.1 Å². The molecule has 0 fully saturated rings. The van der Waals surface area contributed by atoms with Crippen molar-refractivity contribution in [3.8, 4) is 0 Å². The second-order valence-corrected chi connectivity index (χ2v) is 3.83. The van der Waals surface area contributed by atoms with E-state index in [-0.39, 0.29) is 17.3 Å². The standard InChI is InChI=1S/C10H8ClFO/c1-5-2-6-3-7(11)4-8(12)9(6)10(5)13/h3-5H,2H2,1H3. The van der Waals surface area contributed by atoms with E-state index in [1.807, 2.05) is 0 Å². The van der Waals surface area contributed by atoms with Crippen LogP contribution in [0.5, 0.6) is 0 Å². The molecule has 0 saturated carbocycles. The highest BCUT2D eigenvalue weighted by atomic mass is 35.5. The third-order valence-corrected chi connectivity index (χ3v) is 2.57. The summed E-state index contributed by atoms with van der Waals surface area (Å²) in [6.07, 6.45) is 0.603. The minimum atomic E-state index is -0.489. The molecule has 1 atom stereocenters. The van der Waals surface area contributed by atoms with Gasteiger partial charge in [0.15, 0.2) is 5.78 Å². The second-order valence-electron chi connectivity index (χ2n) is 3.39. The molecule has 1 aliphatic rings. The van der Waals surface area contributed by atoms with Crippen LogP contribution < -0.4 is 0 Å². The summed E-state index contributed by atoms with van der Waals surface area (Å²) in [4.78, 5) is 11.4. The summed E-state index contributed by atoms with van der Waals surface area (Å²) in [7, 11) is 0. The second kappa shape index (κ2) is 2.81. The molecular formula is C10H8ClFO. The number of carbonyl (C=O) groups is 1. The van der Waals surface area contributed by atoms with Crippen molar-refractivity contribution in [1.82, 2.24) is 0 Å². The maximum Gasteiger partial charge on any atom is 0.169 e. The maximum atomic E-state index is 13.3. The lowest BCUT2D eigenvalue weighted by Gasteiger charge is -1.99. The zero-order chi connectivity index (χ0) is 9.59. The van der Waals surface area contributed by atoms with Crippen molar-refractivity contribution in [2.24, 2.45) is 5.92 Å². The van der Waals surface area contributed by atoms with E-state index in [1.165, 1.54) is 6.07 Å². The Labute approximate surface area is 80.5 Å². The fraction of sp³-hybridized carbons (Fsp3) is 0.300. The molecule has 0 radical (unpaired) electrons. The molecule has 13 heavy (non-hydrogen) atoms. The van der Waals surface area contributed by atoms with Gasteiger partial charge < -0.3 is 0 Å². The van der Waals surface area contributed by atoms with Crippen molar-refractivity contribution in [3.05, 3.63) is 34.1 Å². The SMILES string of the molecule is CC1Cc2cc(Cl)cc(F)c2C1=O. The maximum absolute atomic E-state index is 13.3. The third kappa shape index (κ3) is 1.25. The smallest absolute Gasteiger partial charge is 0.169 e. The molecule has 68 valence electrons. The van der Waals surface area contributed by atoms with Gasteiger partial charge in [-0.3, -0.25) is 4.79 Å². The Hall–Kier alpha value is -0.890. The van der Waals surface area contributed by atoms with Gasteiger partial charge in [0.25, 0.3) is 0 Å². The number of rotatable bonds is 0.